The van der Waals surface area contributed by atoms with Crippen LogP contribution in [-0.2, 0) is 0 Å². The molecule has 1 N–H and O–H groups in total. The van der Waals surface area contributed by atoms with Gasteiger partial charge in [0.1, 0.15) is 0 Å². The summed E-state index contributed by atoms with van der Waals surface area (Å²) in [7, 11) is 0. The molecule has 0 amide bonds. The molecule has 0 radical (unpaired) electrons. The molecule has 0 spiro atoms. The highest BCUT2D eigenvalue weighted by atomic mass is 16.5. The number of hydrogen-bond acceptors (Lipinski definition) is 5. The van der Waals surface area contributed by atoms with Crippen LogP contribution in [0.25, 0.3) is 0 Å². The molecule has 3 heterocycles. The van der Waals surface area contributed by atoms with Crippen molar-refractivity contribution in [2.75, 3.05) is 18.0 Å². The molecule has 3 fully saturated rings. The molecular weight excluding hydrogens is 252 g/mol. The monoisotopic (exact) mass is 276 g/mol. The molecule has 1 saturated carbocycles. The van der Waals surface area contributed by atoms with Crippen molar-refractivity contribution in [1.82, 2.24) is 15.5 Å². The Balaban J connectivity index is 1.45. The molecule has 2 saturated heterocycles. The molecule has 4 rings (SSSR count). The van der Waals surface area contributed by atoms with Crippen LogP contribution in [0.5, 0.6) is 0 Å². The topological polar surface area (TPSA) is 54.2 Å². The van der Waals surface area contributed by atoms with Crippen molar-refractivity contribution >= 4 is 5.95 Å². The summed E-state index contributed by atoms with van der Waals surface area (Å²) < 4.78 is 5.53. The van der Waals surface area contributed by atoms with E-state index in [9.17, 15) is 0 Å². The molecule has 3 unspecified atom stereocenters. The lowest BCUT2D eigenvalue weighted by Gasteiger charge is -2.39. The molecule has 3 aliphatic rings. The van der Waals surface area contributed by atoms with Crippen LogP contribution >= 0.6 is 0 Å². The fourth-order valence-electron chi connectivity index (χ4n) is 4.10. The van der Waals surface area contributed by atoms with Crippen molar-refractivity contribution in [3.8, 4) is 0 Å². The largest absolute Gasteiger partial charge is 0.338 e. The summed E-state index contributed by atoms with van der Waals surface area (Å²) in [6, 6.07) is 0.947. The van der Waals surface area contributed by atoms with E-state index >= 15 is 0 Å². The number of nitrogens with one attached hydrogen (secondary N) is 1. The number of piperidine rings is 1. The van der Waals surface area contributed by atoms with Crippen LogP contribution in [0, 0.1) is 5.92 Å². The number of nitrogens with zero attached hydrogens (tertiary/aromatic N) is 3. The summed E-state index contributed by atoms with van der Waals surface area (Å²) in [5.74, 6) is 2.47. The minimum absolute atomic E-state index is 0.276. The summed E-state index contributed by atoms with van der Waals surface area (Å²) >= 11 is 0. The van der Waals surface area contributed by atoms with E-state index in [1.807, 2.05) is 0 Å². The first-order chi connectivity index (χ1) is 9.90. The maximum atomic E-state index is 5.53. The fraction of sp³-hybridized carbons (Fsp3) is 0.867. The molecule has 0 aromatic carbocycles. The van der Waals surface area contributed by atoms with Gasteiger partial charge in [-0.05, 0) is 49.6 Å². The molecule has 110 valence electrons. The highest BCUT2D eigenvalue weighted by Crippen LogP contribution is 2.36. The van der Waals surface area contributed by atoms with Gasteiger partial charge in [-0.2, -0.15) is 4.98 Å². The van der Waals surface area contributed by atoms with Gasteiger partial charge in [0, 0.05) is 19.1 Å². The third-order valence-electron chi connectivity index (χ3n) is 5.27. The Morgan fingerprint density at radius 2 is 1.85 bits per heavy atom. The van der Waals surface area contributed by atoms with Crippen molar-refractivity contribution in [3.05, 3.63) is 5.89 Å². The molecule has 0 bridgehead atoms. The molecule has 1 aliphatic carbocycles. The van der Waals surface area contributed by atoms with Gasteiger partial charge >= 0.3 is 0 Å². The zero-order valence-corrected chi connectivity index (χ0v) is 12.1. The summed E-state index contributed by atoms with van der Waals surface area (Å²) in [6.07, 6.45) is 10.4. The fourth-order valence-corrected chi connectivity index (χ4v) is 4.10. The minimum Gasteiger partial charge on any atom is -0.338 e. The molecule has 1 aromatic heterocycles. The van der Waals surface area contributed by atoms with E-state index in [1.165, 1.54) is 44.9 Å². The molecule has 3 atom stereocenters. The molecule has 5 nitrogen and oxygen atoms in total. The van der Waals surface area contributed by atoms with Crippen molar-refractivity contribution in [2.24, 2.45) is 5.92 Å². The Hall–Kier alpha value is -1.10. The van der Waals surface area contributed by atoms with Gasteiger partial charge in [0.2, 0.25) is 5.89 Å². The second-order valence-corrected chi connectivity index (χ2v) is 6.57. The van der Waals surface area contributed by atoms with Crippen molar-refractivity contribution in [2.45, 2.75) is 63.5 Å². The first-order valence-electron chi connectivity index (χ1n) is 8.25. The van der Waals surface area contributed by atoms with Crippen LogP contribution in [0.3, 0.4) is 0 Å². The quantitative estimate of drug-likeness (QED) is 0.900. The third-order valence-corrected chi connectivity index (χ3v) is 5.27. The van der Waals surface area contributed by atoms with E-state index in [2.05, 4.69) is 20.4 Å². The Kier molecular flexibility index (Phi) is 3.38. The zero-order chi connectivity index (χ0) is 13.4. The second kappa shape index (κ2) is 5.35. The average Bonchev–Trinajstić information content (AvgIpc) is 3.17. The van der Waals surface area contributed by atoms with Crippen LogP contribution in [0.4, 0.5) is 5.95 Å². The number of rotatable bonds is 2. The lowest BCUT2D eigenvalue weighted by atomic mass is 9.78. The highest BCUT2D eigenvalue weighted by Gasteiger charge is 2.34. The van der Waals surface area contributed by atoms with Crippen molar-refractivity contribution in [1.29, 1.82) is 0 Å². The second-order valence-electron chi connectivity index (χ2n) is 6.57. The lowest BCUT2D eigenvalue weighted by Crippen LogP contribution is -2.44. The number of anilines is 1. The van der Waals surface area contributed by atoms with Gasteiger partial charge in [0.05, 0.1) is 6.04 Å². The SMILES string of the molecule is C1CCC2NC(c3nc(N4CCCC4)no3)CCC2C1. The van der Waals surface area contributed by atoms with Crippen LogP contribution in [-0.4, -0.2) is 29.3 Å². The standard InChI is InChI=1S/C15H24N4O/c1-2-6-12-11(5-1)7-8-13(16-12)14-17-15(18-20-14)19-9-3-4-10-19/h11-13,16H,1-10H2. The van der Waals surface area contributed by atoms with E-state index in [1.54, 1.807) is 0 Å². The lowest BCUT2D eigenvalue weighted by molar-refractivity contribution is 0.158. The summed E-state index contributed by atoms with van der Waals surface area (Å²) in [5, 5.41) is 7.94. The molecule has 20 heavy (non-hydrogen) atoms. The smallest absolute Gasteiger partial charge is 0.266 e. The normalized spacial score (nSPS) is 34.2. The molecule has 2 aliphatic heterocycles. The first kappa shape index (κ1) is 12.6. The summed E-state index contributed by atoms with van der Waals surface area (Å²) in [4.78, 5) is 6.87. The van der Waals surface area contributed by atoms with Crippen LogP contribution in [0.2, 0.25) is 0 Å². The van der Waals surface area contributed by atoms with Crippen molar-refractivity contribution in [3.63, 3.8) is 0 Å². The number of fused-ring (bicyclic) bond motifs is 1. The van der Waals surface area contributed by atoms with E-state index in [-0.39, 0.29) is 6.04 Å². The van der Waals surface area contributed by atoms with E-state index in [0.29, 0.717) is 6.04 Å². The van der Waals surface area contributed by atoms with Gasteiger partial charge in [-0.15, -0.1) is 0 Å². The van der Waals surface area contributed by atoms with Crippen LogP contribution < -0.4 is 10.2 Å². The molecule has 5 heteroatoms. The Morgan fingerprint density at radius 3 is 2.75 bits per heavy atom. The zero-order valence-electron chi connectivity index (χ0n) is 12.1. The summed E-state index contributed by atoms with van der Waals surface area (Å²) in [6.45, 7) is 2.14. The van der Waals surface area contributed by atoms with Crippen LogP contribution in [0.15, 0.2) is 4.52 Å². The predicted octanol–water partition coefficient (Wildman–Crippen LogP) is 2.65. The highest BCUT2D eigenvalue weighted by molar-refractivity contribution is 5.29. The first-order valence-corrected chi connectivity index (χ1v) is 8.25. The maximum Gasteiger partial charge on any atom is 0.266 e. The van der Waals surface area contributed by atoms with Gasteiger partial charge in [0.25, 0.3) is 5.95 Å². The predicted molar refractivity (Wildman–Crippen MR) is 76.6 cm³/mol. The van der Waals surface area contributed by atoms with E-state index < -0.39 is 0 Å². The molecule has 1 aromatic rings. The van der Waals surface area contributed by atoms with Gasteiger partial charge in [-0.3, -0.25) is 0 Å². The van der Waals surface area contributed by atoms with Gasteiger partial charge in [-0.25, -0.2) is 0 Å². The van der Waals surface area contributed by atoms with E-state index in [0.717, 1.165) is 37.3 Å². The Labute approximate surface area is 120 Å². The van der Waals surface area contributed by atoms with E-state index in [4.69, 9.17) is 4.52 Å². The third kappa shape index (κ3) is 2.32. The van der Waals surface area contributed by atoms with Gasteiger partial charge < -0.3 is 14.7 Å². The number of hydrogen-bond donors (Lipinski definition) is 1. The molecular formula is C15H24N4O. The van der Waals surface area contributed by atoms with Crippen molar-refractivity contribution < 1.29 is 4.52 Å². The Morgan fingerprint density at radius 1 is 1.00 bits per heavy atom. The van der Waals surface area contributed by atoms with Crippen LogP contribution in [0.1, 0.15) is 63.3 Å². The summed E-state index contributed by atoms with van der Waals surface area (Å²) in [5.41, 5.74) is 0. The number of aromatic nitrogens is 2. The minimum atomic E-state index is 0.276. The van der Waals surface area contributed by atoms with Gasteiger partial charge in [0.15, 0.2) is 0 Å². The maximum absolute atomic E-state index is 5.53. The van der Waals surface area contributed by atoms with Gasteiger partial charge in [-0.1, -0.05) is 12.8 Å². The average molecular weight is 276 g/mol. The Bertz CT molecular complexity index is 454.